The zero-order valence-corrected chi connectivity index (χ0v) is 17.9. The van der Waals surface area contributed by atoms with Gasteiger partial charge in [-0.2, -0.15) is 0 Å². The molecule has 4 aromatic rings. The predicted molar refractivity (Wildman–Crippen MR) is 128 cm³/mol. The molecule has 1 aliphatic heterocycles. The summed E-state index contributed by atoms with van der Waals surface area (Å²) in [4.78, 5) is 28.0. The number of anilines is 1. The number of aliphatic hydroxyl groups excluding tert-OH is 1. The summed E-state index contributed by atoms with van der Waals surface area (Å²) in [5, 5.41) is 13.2. The van der Waals surface area contributed by atoms with Crippen molar-refractivity contribution < 1.29 is 19.4 Å². The van der Waals surface area contributed by atoms with E-state index in [4.69, 9.17) is 4.74 Å². The largest absolute Gasteiger partial charge is 0.507 e. The molecule has 33 heavy (non-hydrogen) atoms. The number of rotatable bonds is 4. The standard InChI is InChI=1S/C28H21NO4/c1-33-21-14-7-11-19(17-21)25-24(27(31)28(32)29(25)20-12-3-2-4-13-20)26(30)23-16-8-10-18-9-5-6-15-22(18)23/h2-17,25,30H,1H3/b26-24-. The minimum absolute atomic E-state index is 0.0495. The van der Waals surface area contributed by atoms with Crippen LogP contribution in [0.5, 0.6) is 5.75 Å². The lowest BCUT2D eigenvalue weighted by atomic mass is 9.93. The minimum Gasteiger partial charge on any atom is -0.507 e. The van der Waals surface area contributed by atoms with E-state index in [0.717, 1.165) is 10.8 Å². The SMILES string of the molecule is COc1cccc(C2/C(=C(/O)c3cccc4ccccc34)C(=O)C(=O)N2c2ccccc2)c1. The second kappa shape index (κ2) is 8.28. The average Bonchev–Trinajstić information content (AvgIpc) is 3.14. The fourth-order valence-corrected chi connectivity index (χ4v) is 4.39. The van der Waals surface area contributed by atoms with Crippen LogP contribution in [0.15, 0.2) is 103 Å². The van der Waals surface area contributed by atoms with E-state index < -0.39 is 17.7 Å². The maximum absolute atomic E-state index is 13.3. The van der Waals surface area contributed by atoms with Gasteiger partial charge < -0.3 is 9.84 Å². The van der Waals surface area contributed by atoms with Gasteiger partial charge in [0.25, 0.3) is 11.7 Å². The summed E-state index contributed by atoms with van der Waals surface area (Å²) in [6, 6.07) is 28.5. The molecule has 1 fully saturated rings. The Bertz CT molecular complexity index is 1400. The molecule has 0 saturated carbocycles. The number of para-hydroxylation sites is 1. The molecule has 1 saturated heterocycles. The van der Waals surface area contributed by atoms with Crippen molar-refractivity contribution in [2.24, 2.45) is 0 Å². The Kier molecular flexibility index (Phi) is 5.15. The van der Waals surface area contributed by atoms with Crippen LogP contribution >= 0.6 is 0 Å². The molecule has 1 heterocycles. The van der Waals surface area contributed by atoms with E-state index in [2.05, 4.69) is 0 Å². The molecule has 0 bridgehead atoms. The molecule has 0 spiro atoms. The third-order valence-corrected chi connectivity index (χ3v) is 5.93. The van der Waals surface area contributed by atoms with Crippen molar-refractivity contribution in [3.05, 3.63) is 114 Å². The molecule has 5 heteroatoms. The quantitative estimate of drug-likeness (QED) is 0.262. The van der Waals surface area contributed by atoms with Crippen molar-refractivity contribution in [2.75, 3.05) is 12.0 Å². The van der Waals surface area contributed by atoms with Crippen LogP contribution in [0, 0.1) is 0 Å². The monoisotopic (exact) mass is 435 g/mol. The lowest BCUT2D eigenvalue weighted by Gasteiger charge is -2.25. The first-order valence-electron chi connectivity index (χ1n) is 10.6. The first-order valence-corrected chi connectivity index (χ1v) is 10.6. The highest BCUT2D eigenvalue weighted by molar-refractivity contribution is 6.51. The van der Waals surface area contributed by atoms with Gasteiger partial charge in [0.2, 0.25) is 0 Å². The van der Waals surface area contributed by atoms with Gasteiger partial charge in [-0.3, -0.25) is 14.5 Å². The number of nitrogens with zero attached hydrogens (tertiary/aromatic N) is 1. The Morgan fingerprint density at radius 1 is 0.848 bits per heavy atom. The molecule has 4 aromatic carbocycles. The molecule has 0 radical (unpaired) electrons. The van der Waals surface area contributed by atoms with E-state index in [1.54, 1.807) is 43.5 Å². The van der Waals surface area contributed by atoms with Crippen LogP contribution < -0.4 is 9.64 Å². The number of Topliss-reactive ketones (excluding diaryl/α,β-unsaturated/α-hetero) is 1. The summed E-state index contributed by atoms with van der Waals surface area (Å²) in [5.74, 6) is -1.01. The lowest BCUT2D eigenvalue weighted by Crippen LogP contribution is -2.29. The van der Waals surface area contributed by atoms with Gasteiger partial charge in [0, 0.05) is 11.3 Å². The second-order valence-electron chi connectivity index (χ2n) is 7.81. The highest BCUT2D eigenvalue weighted by Crippen LogP contribution is 2.43. The summed E-state index contributed by atoms with van der Waals surface area (Å²) in [7, 11) is 1.56. The third kappa shape index (κ3) is 3.44. The summed E-state index contributed by atoms with van der Waals surface area (Å²) in [5.41, 5.74) is 1.80. The maximum atomic E-state index is 13.3. The van der Waals surface area contributed by atoms with Crippen molar-refractivity contribution in [2.45, 2.75) is 6.04 Å². The average molecular weight is 435 g/mol. The van der Waals surface area contributed by atoms with Crippen LogP contribution in [0.3, 0.4) is 0 Å². The van der Waals surface area contributed by atoms with Crippen LogP contribution in [-0.2, 0) is 9.59 Å². The first-order chi connectivity index (χ1) is 16.1. The third-order valence-electron chi connectivity index (χ3n) is 5.93. The van der Waals surface area contributed by atoms with Crippen molar-refractivity contribution in [3.8, 4) is 5.75 Å². The smallest absolute Gasteiger partial charge is 0.300 e. The van der Waals surface area contributed by atoms with E-state index >= 15 is 0 Å². The number of hydrogen-bond donors (Lipinski definition) is 1. The van der Waals surface area contributed by atoms with Gasteiger partial charge in [0.15, 0.2) is 0 Å². The molecule has 1 aliphatic rings. The molecule has 1 unspecified atom stereocenters. The van der Waals surface area contributed by atoms with Crippen molar-refractivity contribution in [1.29, 1.82) is 0 Å². The number of hydrogen-bond acceptors (Lipinski definition) is 4. The fourth-order valence-electron chi connectivity index (χ4n) is 4.39. The molecule has 0 aromatic heterocycles. The highest BCUT2D eigenvalue weighted by Gasteiger charge is 2.47. The van der Waals surface area contributed by atoms with Gasteiger partial charge in [-0.15, -0.1) is 0 Å². The van der Waals surface area contributed by atoms with Gasteiger partial charge in [-0.25, -0.2) is 0 Å². The first kappa shape index (κ1) is 20.5. The zero-order chi connectivity index (χ0) is 22.9. The van der Waals surface area contributed by atoms with E-state index in [1.165, 1.54) is 4.90 Å². The molecular weight excluding hydrogens is 414 g/mol. The van der Waals surface area contributed by atoms with Crippen LogP contribution in [0.25, 0.3) is 16.5 Å². The number of aliphatic hydroxyl groups is 1. The Morgan fingerprint density at radius 3 is 2.33 bits per heavy atom. The number of methoxy groups -OCH3 is 1. The van der Waals surface area contributed by atoms with Crippen LogP contribution in [0.4, 0.5) is 5.69 Å². The van der Waals surface area contributed by atoms with Crippen molar-refractivity contribution in [3.63, 3.8) is 0 Å². The van der Waals surface area contributed by atoms with Gasteiger partial charge >= 0.3 is 0 Å². The molecule has 162 valence electrons. The van der Waals surface area contributed by atoms with Crippen LogP contribution in [-0.4, -0.2) is 23.9 Å². The zero-order valence-electron chi connectivity index (χ0n) is 17.9. The van der Waals surface area contributed by atoms with E-state index in [0.29, 0.717) is 22.6 Å². The minimum atomic E-state index is -0.804. The topological polar surface area (TPSA) is 66.8 Å². The Balaban J connectivity index is 1.78. The molecule has 1 amide bonds. The molecular formula is C28H21NO4. The Morgan fingerprint density at radius 2 is 1.55 bits per heavy atom. The summed E-state index contributed by atoms with van der Waals surface area (Å²) >= 11 is 0. The van der Waals surface area contributed by atoms with E-state index in [-0.39, 0.29) is 11.3 Å². The summed E-state index contributed by atoms with van der Waals surface area (Å²) in [6.07, 6.45) is 0. The Hall–Kier alpha value is -4.38. The van der Waals surface area contributed by atoms with E-state index in [9.17, 15) is 14.7 Å². The number of amides is 1. The Labute approximate surface area is 191 Å². The molecule has 1 atom stereocenters. The predicted octanol–water partition coefficient (Wildman–Crippen LogP) is 5.47. The van der Waals surface area contributed by atoms with Crippen LogP contribution in [0.1, 0.15) is 17.2 Å². The molecule has 0 aliphatic carbocycles. The highest BCUT2D eigenvalue weighted by atomic mass is 16.5. The number of benzene rings is 4. The normalized spacial score (nSPS) is 17.5. The van der Waals surface area contributed by atoms with Crippen LogP contribution in [0.2, 0.25) is 0 Å². The summed E-state index contributed by atoms with van der Waals surface area (Å²) < 4.78 is 5.38. The van der Waals surface area contributed by atoms with Gasteiger partial charge in [-0.1, -0.05) is 72.8 Å². The molecule has 1 N–H and O–H groups in total. The summed E-state index contributed by atoms with van der Waals surface area (Å²) in [6.45, 7) is 0. The van der Waals surface area contributed by atoms with E-state index in [1.807, 2.05) is 60.7 Å². The van der Waals surface area contributed by atoms with Crippen molar-refractivity contribution in [1.82, 2.24) is 0 Å². The maximum Gasteiger partial charge on any atom is 0.300 e. The van der Waals surface area contributed by atoms with Gasteiger partial charge in [0.05, 0.1) is 18.7 Å². The van der Waals surface area contributed by atoms with Gasteiger partial charge in [0.1, 0.15) is 11.5 Å². The number of carbonyl (C=O) groups is 2. The molecule has 5 rings (SSSR count). The van der Waals surface area contributed by atoms with Gasteiger partial charge in [-0.05, 0) is 40.6 Å². The molecule has 5 nitrogen and oxygen atoms in total. The fraction of sp³-hybridized carbons (Fsp3) is 0.0714. The number of ketones is 1. The number of fused-ring (bicyclic) bond motifs is 1. The van der Waals surface area contributed by atoms with Crippen molar-refractivity contribution >= 4 is 33.9 Å². The second-order valence-corrected chi connectivity index (χ2v) is 7.81. The lowest BCUT2D eigenvalue weighted by molar-refractivity contribution is -0.132. The number of ether oxygens (including phenoxy) is 1. The number of carbonyl (C=O) groups excluding carboxylic acids is 2.